The third kappa shape index (κ3) is 3.40. The highest BCUT2D eigenvalue weighted by molar-refractivity contribution is 4.82. The molecule has 2 saturated heterocycles. The zero-order valence-corrected chi connectivity index (χ0v) is 10.6. The Bertz CT molecular complexity index is 261. The fourth-order valence-corrected chi connectivity index (χ4v) is 2.36. The zero-order chi connectivity index (χ0) is 13.1. The van der Waals surface area contributed by atoms with Crippen LogP contribution in [-0.4, -0.2) is 65.3 Å². The van der Waals surface area contributed by atoms with Crippen molar-refractivity contribution < 1.29 is 29.5 Å². The maximum absolute atomic E-state index is 9.78. The smallest absolute Gasteiger partial charge is 0.161 e. The summed E-state index contributed by atoms with van der Waals surface area (Å²) < 4.78 is 16.4. The Morgan fingerprint density at radius 1 is 1.17 bits per heavy atom. The third-order valence-corrected chi connectivity index (χ3v) is 3.47. The van der Waals surface area contributed by atoms with Gasteiger partial charge in [-0.05, 0) is 12.8 Å². The van der Waals surface area contributed by atoms with Crippen molar-refractivity contribution in [2.24, 2.45) is 0 Å². The highest BCUT2D eigenvalue weighted by Crippen LogP contribution is 2.25. The highest BCUT2D eigenvalue weighted by atomic mass is 16.7. The summed E-state index contributed by atoms with van der Waals surface area (Å²) in [6.07, 6.45) is -1.72. The highest BCUT2D eigenvalue weighted by Gasteiger charge is 2.36. The van der Waals surface area contributed by atoms with E-state index in [0.29, 0.717) is 12.8 Å². The van der Waals surface area contributed by atoms with Gasteiger partial charge in [0, 0.05) is 6.42 Å². The van der Waals surface area contributed by atoms with E-state index in [2.05, 4.69) is 0 Å². The number of ether oxygens (including phenoxy) is 3. The minimum Gasteiger partial charge on any atom is -0.393 e. The van der Waals surface area contributed by atoms with Gasteiger partial charge in [0.2, 0.25) is 0 Å². The number of hydrogen-bond donors (Lipinski definition) is 3. The molecule has 0 amide bonds. The van der Waals surface area contributed by atoms with Crippen LogP contribution in [0.25, 0.3) is 0 Å². The average Bonchev–Trinajstić information content (AvgIpc) is 2.34. The van der Waals surface area contributed by atoms with Crippen molar-refractivity contribution in [2.45, 2.75) is 63.0 Å². The molecule has 2 fully saturated rings. The normalized spacial score (nSPS) is 46.0. The summed E-state index contributed by atoms with van der Waals surface area (Å²) in [5.74, 6) is 0. The molecule has 6 nitrogen and oxygen atoms in total. The van der Waals surface area contributed by atoms with E-state index in [-0.39, 0.29) is 19.3 Å². The van der Waals surface area contributed by atoms with Gasteiger partial charge >= 0.3 is 0 Å². The summed E-state index contributed by atoms with van der Waals surface area (Å²) in [7, 11) is 0. The third-order valence-electron chi connectivity index (χ3n) is 3.47. The van der Waals surface area contributed by atoms with Gasteiger partial charge in [0.15, 0.2) is 6.29 Å². The van der Waals surface area contributed by atoms with E-state index in [1.165, 1.54) is 0 Å². The predicted octanol–water partition coefficient (Wildman–Crippen LogP) is -0.600. The number of hydrogen-bond acceptors (Lipinski definition) is 6. The van der Waals surface area contributed by atoms with Crippen molar-refractivity contribution in [2.75, 3.05) is 13.2 Å². The Morgan fingerprint density at radius 2 is 1.94 bits per heavy atom. The van der Waals surface area contributed by atoms with E-state index in [1.54, 1.807) is 0 Å². The molecule has 2 aliphatic heterocycles. The molecule has 2 aliphatic rings. The van der Waals surface area contributed by atoms with Crippen LogP contribution in [0, 0.1) is 0 Å². The number of aliphatic hydroxyl groups excluding tert-OH is 3. The van der Waals surface area contributed by atoms with Crippen molar-refractivity contribution in [3.63, 3.8) is 0 Å². The molecule has 0 aromatic rings. The molecule has 2 rings (SSSR count). The van der Waals surface area contributed by atoms with E-state index in [4.69, 9.17) is 14.2 Å². The van der Waals surface area contributed by atoms with Crippen LogP contribution in [-0.2, 0) is 14.2 Å². The lowest BCUT2D eigenvalue weighted by atomic mass is 10.0. The molecule has 0 aliphatic carbocycles. The lowest BCUT2D eigenvalue weighted by Gasteiger charge is -2.38. The molecule has 6 unspecified atom stereocenters. The molecule has 106 valence electrons. The molecule has 2 heterocycles. The van der Waals surface area contributed by atoms with Crippen LogP contribution < -0.4 is 0 Å². The standard InChI is InChI=1S/C12H22O6/c1-2-8-3-7(13)4-11(17-8)18-10-6-16-5-9(14)12(10)15/h7-15H,2-6H2,1H3. The molecule has 0 radical (unpaired) electrons. The summed E-state index contributed by atoms with van der Waals surface area (Å²) in [5, 5.41) is 29.0. The van der Waals surface area contributed by atoms with Gasteiger partial charge in [-0.25, -0.2) is 0 Å². The average molecular weight is 262 g/mol. The van der Waals surface area contributed by atoms with Gasteiger partial charge < -0.3 is 29.5 Å². The Morgan fingerprint density at radius 3 is 2.67 bits per heavy atom. The molecule has 0 aromatic carbocycles. The summed E-state index contributed by atoms with van der Waals surface area (Å²) in [5.41, 5.74) is 0. The Labute approximate surface area is 106 Å². The van der Waals surface area contributed by atoms with Crippen LogP contribution in [0.3, 0.4) is 0 Å². The topological polar surface area (TPSA) is 88.4 Å². The first-order valence-electron chi connectivity index (χ1n) is 6.53. The minimum atomic E-state index is -0.971. The first kappa shape index (κ1) is 14.2. The molecule has 0 spiro atoms. The van der Waals surface area contributed by atoms with E-state index in [9.17, 15) is 15.3 Å². The second-order valence-corrected chi connectivity index (χ2v) is 4.99. The first-order chi connectivity index (χ1) is 8.60. The minimum absolute atomic E-state index is 0.0228. The summed E-state index contributed by atoms with van der Waals surface area (Å²) in [4.78, 5) is 0. The van der Waals surface area contributed by atoms with Gasteiger partial charge in [-0.1, -0.05) is 6.92 Å². The molecule has 6 atom stereocenters. The van der Waals surface area contributed by atoms with Gasteiger partial charge in [0.1, 0.15) is 18.3 Å². The van der Waals surface area contributed by atoms with Gasteiger partial charge in [-0.2, -0.15) is 0 Å². The second-order valence-electron chi connectivity index (χ2n) is 4.99. The van der Waals surface area contributed by atoms with Gasteiger partial charge in [-0.3, -0.25) is 0 Å². The molecule has 0 bridgehead atoms. The van der Waals surface area contributed by atoms with E-state index < -0.39 is 30.7 Å². The molecule has 3 N–H and O–H groups in total. The van der Waals surface area contributed by atoms with E-state index in [1.807, 2.05) is 6.92 Å². The maximum Gasteiger partial charge on any atom is 0.161 e. The largest absolute Gasteiger partial charge is 0.393 e. The van der Waals surface area contributed by atoms with Crippen LogP contribution in [0.2, 0.25) is 0 Å². The summed E-state index contributed by atoms with van der Waals surface area (Å²) >= 11 is 0. The van der Waals surface area contributed by atoms with Crippen LogP contribution in [0.4, 0.5) is 0 Å². The van der Waals surface area contributed by atoms with Crippen LogP contribution >= 0.6 is 0 Å². The number of rotatable bonds is 3. The van der Waals surface area contributed by atoms with Gasteiger partial charge in [0.25, 0.3) is 0 Å². The van der Waals surface area contributed by atoms with Crippen molar-refractivity contribution in [1.82, 2.24) is 0 Å². The Hall–Kier alpha value is -0.240. The quantitative estimate of drug-likeness (QED) is 0.629. The lowest BCUT2D eigenvalue weighted by Crippen LogP contribution is -2.51. The van der Waals surface area contributed by atoms with Gasteiger partial charge in [-0.15, -0.1) is 0 Å². The van der Waals surface area contributed by atoms with Crippen molar-refractivity contribution in [3.05, 3.63) is 0 Å². The fourth-order valence-electron chi connectivity index (χ4n) is 2.36. The first-order valence-corrected chi connectivity index (χ1v) is 6.53. The van der Waals surface area contributed by atoms with Crippen LogP contribution in [0.1, 0.15) is 26.2 Å². The molecule has 0 saturated carbocycles. The van der Waals surface area contributed by atoms with Crippen LogP contribution in [0.15, 0.2) is 0 Å². The molecular formula is C12H22O6. The molecule has 6 heteroatoms. The van der Waals surface area contributed by atoms with Crippen molar-refractivity contribution >= 4 is 0 Å². The monoisotopic (exact) mass is 262 g/mol. The maximum atomic E-state index is 9.78. The Balaban J connectivity index is 1.87. The zero-order valence-electron chi connectivity index (χ0n) is 10.6. The summed E-state index contributed by atoms with van der Waals surface area (Å²) in [6.45, 7) is 2.33. The molecular weight excluding hydrogens is 240 g/mol. The van der Waals surface area contributed by atoms with E-state index >= 15 is 0 Å². The SMILES string of the molecule is CCC1CC(O)CC(OC2COCC(O)C2O)O1. The number of aliphatic hydroxyl groups is 3. The van der Waals surface area contributed by atoms with E-state index in [0.717, 1.165) is 6.42 Å². The van der Waals surface area contributed by atoms with Crippen molar-refractivity contribution in [1.29, 1.82) is 0 Å². The predicted molar refractivity (Wildman–Crippen MR) is 61.9 cm³/mol. The van der Waals surface area contributed by atoms with Crippen molar-refractivity contribution in [3.8, 4) is 0 Å². The molecule has 18 heavy (non-hydrogen) atoms. The van der Waals surface area contributed by atoms with Crippen LogP contribution in [0.5, 0.6) is 0 Å². The Kier molecular flexibility index (Phi) is 4.94. The molecule has 0 aromatic heterocycles. The lowest BCUT2D eigenvalue weighted by molar-refractivity contribution is -0.270. The fraction of sp³-hybridized carbons (Fsp3) is 1.00. The van der Waals surface area contributed by atoms with Gasteiger partial charge in [0.05, 0.1) is 25.4 Å². The second kappa shape index (κ2) is 6.27. The summed E-state index contributed by atoms with van der Waals surface area (Å²) in [6, 6.07) is 0.